The number of esters is 1. The monoisotopic (exact) mass is 460 g/mol. The van der Waals surface area contributed by atoms with Crippen molar-refractivity contribution in [2.75, 3.05) is 0 Å². The van der Waals surface area contributed by atoms with Crippen LogP contribution in [0.25, 0.3) is 6.08 Å². The van der Waals surface area contributed by atoms with E-state index in [2.05, 4.69) is 11.3 Å². The highest BCUT2D eigenvalue weighted by atomic mass is 32.2. The zero-order valence-electron chi connectivity index (χ0n) is 17.9. The molecule has 1 aromatic rings. The highest BCUT2D eigenvalue weighted by Crippen LogP contribution is 2.23. The molecule has 0 unspecified atom stereocenters. The molecule has 1 amide bonds. The van der Waals surface area contributed by atoms with E-state index in [4.69, 9.17) is 9.94 Å². The molecule has 0 spiro atoms. The van der Waals surface area contributed by atoms with E-state index in [1.807, 2.05) is 6.92 Å². The molecule has 1 saturated carbocycles. The van der Waals surface area contributed by atoms with Crippen molar-refractivity contribution in [3.63, 3.8) is 0 Å². The number of carbonyl (C=O) groups is 2. The molecule has 1 atom stereocenters. The van der Waals surface area contributed by atoms with Gasteiger partial charge in [-0.1, -0.05) is 43.0 Å². The molecule has 1 aliphatic rings. The van der Waals surface area contributed by atoms with Crippen molar-refractivity contribution in [1.82, 2.24) is 10.2 Å². The topological polar surface area (TPSA) is 122 Å². The molecule has 0 radical (unpaired) electrons. The standard InChI is InChI=1S/C23H28N2O6S/c1-3-4-5-9-17(2)22(23(27)31-19-11-6-7-12-19)25-32(29,30)20-13-8-10-18(16-20)14-15-21(26)24-28/h3-5,8-10,13-16,19,22,25,28H,2,6-7,11-12H2,1H3,(H,24,26)/b4-3-,9-5-,15-14+/t22-/m0/s1. The fourth-order valence-electron chi connectivity index (χ4n) is 3.12. The largest absolute Gasteiger partial charge is 0.461 e. The van der Waals surface area contributed by atoms with Crippen molar-refractivity contribution in [3.8, 4) is 0 Å². The van der Waals surface area contributed by atoms with E-state index >= 15 is 0 Å². The molecule has 0 aliphatic heterocycles. The summed E-state index contributed by atoms with van der Waals surface area (Å²) in [4.78, 5) is 23.9. The van der Waals surface area contributed by atoms with Gasteiger partial charge in [-0.15, -0.1) is 0 Å². The van der Waals surface area contributed by atoms with Crippen molar-refractivity contribution in [1.29, 1.82) is 0 Å². The van der Waals surface area contributed by atoms with Crippen LogP contribution in [0.3, 0.4) is 0 Å². The highest BCUT2D eigenvalue weighted by molar-refractivity contribution is 7.89. The summed E-state index contributed by atoms with van der Waals surface area (Å²) in [6, 6.07) is 4.49. The minimum Gasteiger partial charge on any atom is -0.461 e. The Morgan fingerprint density at radius 1 is 1.22 bits per heavy atom. The molecule has 1 fully saturated rings. The van der Waals surface area contributed by atoms with Crippen LogP contribution in [0.5, 0.6) is 0 Å². The Labute approximate surface area is 188 Å². The molecule has 0 saturated heterocycles. The lowest BCUT2D eigenvalue weighted by Gasteiger charge is -2.21. The third kappa shape index (κ3) is 7.60. The minimum atomic E-state index is -4.13. The van der Waals surface area contributed by atoms with Gasteiger partial charge >= 0.3 is 5.97 Å². The van der Waals surface area contributed by atoms with Gasteiger partial charge < -0.3 is 4.74 Å². The predicted molar refractivity (Wildman–Crippen MR) is 121 cm³/mol. The average molecular weight is 461 g/mol. The average Bonchev–Trinajstić information content (AvgIpc) is 3.29. The number of sulfonamides is 1. The maximum Gasteiger partial charge on any atom is 0.329 e. The summed E-state index contributed by atoms with van der Waals surface area (Å²) in [5, 5.41) is 8.56. The van der Waals surface area contributed by atoms with Crippen LogP contribution in [0.2, 0.25) is 0 Å². The molecule has 2 rings (SSSR count). The van der Waals surface area contributed by atoms with Gasteiger partial charge in [-0.25, -0.2) is 18.7 Å². The Morgan fingerprint density at radius 2 is 1.94 bits per heavy atom. The molecule has 9 heteroatoms. The molecule has 3 N–H and O–H groups in total. The number of hydrogen-bond acceptors (Lipinski definition) is 6. The van der Waals surface area contributed by atoms with Crippen LogP contribution < -0.4 is 10.2 Å². The van der Waals surface area contributed by atoms with Crippen LogP contribution >= 0.6 is 0 Å². The number of nitrogens with one attached hydrogen (secondary N) is 2. The van der Waals surface area contributed by atoms with E-state index in [1.54, 1.807) is 30.4 Å². The fourth-order valence-corrected chi connectivity index (χ4v) is 4.36. The molecule has 1 aromatic carbocycles. The van der Waals surface area contributed by atoms with E-state index in [0.717, 1.165) is 31.8 Å². The van der Waals surface area contributed by atoms with Gasteiger partial charge in [-0.3, -0.25) is 10.0 Å². The summed E-state index contributed by atoms with van der Waals surface area (Å²) in [5.41, 5.74) is 2.10. The van der Waals surface area contributed by atoms with Gasteiger partial charge in [0.2, 0.25) is 10.0 Å². The van der Waals surface area contributed by atoms with Gasteiger partial charge in [0.05, 0.1) is 4.90 Å². The molecule has 172 valence electrons. The van der Waals surface area contributed by atoms with Crippen molar-refractivity contribution in [2.24, 2.45) is 0 Å². The van der Waals surface area contributed by atoms with Gasteiger partial charge in [0.15, 0.2) is 0 Å². The smallest absolute Gasteiger partial charge is 0.329 e. The number of ether oxygens (including phenoxy) is 1. The summed E-state index contributed by atoms with van der Waals surface area (Å²) in [6.07, 6.45) is 12.3. The zero-order valence-corrected chi connectivity index (χ0v) is 18.7. The lowest BCUT2D eigenvalue weighted by atomic mass is 10.1. The second-order valence-electron chi connectivity index (χ2n) is 7.24. The second-order valence-corrected chi connectivity index (χ2v) is 8.95. The lowest BCUT2D eigenvalue weighted by Crippen LogP contribution is -2.43. The van der Waals surface area contributed by atoms with Crippen LogP contribution in [0, 0.1) is 0 Å². The first-order chi connectivity index (χ1) is 15.3. The Balaban J connectivity index is 2.27. The van der Waals surface area contributed by atoms with Crippen LogP contribution in [0.15, 0.2) is 71.7 Å². The predicted octanol–water partition coefficient (Wildman–Crippen LogP) is 3.03. The maximum atomic E-state index is 13.0. The van der Waals surface area contributed by atoms with Crippen molar-refractivity contribution >= 4 is 28.0 Å². The zero-order chi connectivity index (χ0) is 23.6. The quantitative estimate of drug-likeness (QED) is 0.162. The SMILES string of the molecule is C=C(/C=C\C=C/C)[C@H](NS(=O)(=O)c1cccc(/C=C/C(=O)NO)c1)C(=O)OC1CCCC1. The van der Waals surface area contributed by atoms with Crippen LogP contribution in [-0.2, 0) is 24.3 Å². The molecule has 0 bridgehead atoms. The van der Waals surface area contributed by atoms with Gasteiger partial charge in [-0.2, -0.15) is 4.72 Å². The number of hydroxylamine groups is 1. The lowest BCUT2D eigenvalue weighted by molar-refractivity contribution is -0.149. The summed E-state index contributed by atoms with van der Waals surface area (Å²) < 4.78 is 34.0. The van der Waals surface area contributed by atoms with Gasteiger partial charge in [-0.05, 0) is 62.0 Å². The maximum absolute atomic E-state index is 13.0. The first-order valence-corrected chi connectivity index (χ1v) is 11.7. The Hall–Kier alpha value is -3.01. The van der Waals surface area contributed by atoms with Crippen molar-refractivity contribution in [3.05, 3.63) is 72.4 Å². The van der Waals surface area contributed by atoms with Gasteiger partial charge in [0.25, 0.3) is 5.91 Å². The van der Waals surface area contributed by atoms with E-state index in [0.29, 0.717) is 5.56 Å². The first-order valence-electron chi connectivity index (χ1n) is 10.2. The molecule has 32 heavy (non-hydrogen) atoms. The summed E-state index contributed by atoms with van der Waals surface area (Å²) >= 11 is 0. The molecule has 0 heterocycles. The summed E-state index contributed by atoms with van der Waals surface area (Å²) in [5.74, 6) is -1.46. The Kier molecular flexibility index (Phi) is 9.58. The molecule has 0 aromatic heterocycles. The number of rotatable bonds is 10. The molecular formula is C23H28N2O6S. The third-order valence-corrected chi connectivity index (χ3v) is 6.20. The summed E-state index contributed by atoms with van der Waals surface area (Å²) in [6.45, 7) is 5.68. The molecule has 8 nitrogen and oxygen atoms in total. The first kappa shape index (κ1) is 25.3. The van der Waals surface area contributed by atoms with E-state index < -0.39 is 27.9 Å². The van der Waals surface area contributed by atoms with Crippen molar-refractivity contribution < 1.29 is 28.0 Å². The number of allylic oxidation sites excluding steroid dienone is 3. The van der Waals surface area contributed by atoms with Crippen LogP contribution in [0.1, 0.15) is 38.2 Å². The minimum absolute atomic E-state index is 0.104. The van der Waals surface area contributed by atoms with E-state index in [1.165, 1.54) is 29.8 Å². The van der Waals surface area contributed by atoms with Crippen LogP contribution in [-0.4, -0.2) is 37.6 Å². The Morgan fingerprint density at radius 3 is 2.59 bits per heavy atom. The van der Waals surface area contributed by atoms with Crippen molar-refractivity contribution in [2.45, 2.75) is 49.6 Å². The number of amides is 1. The van der Waals surface area contributed by atoms with E-state index in [-0.39, 0.29) is 16.6 Å². The molecule has 1 aliphatic carbocycles. The van der Waals surface area contributed by atoms with Gasteiger partial charge in [0.1, 0.15) is 12.1 Å². The number of hydrogen-bond donors (Lipinski definition) is 3. The second kappa shape index (κ2) is 12.1. The van der Waals surface area contributed by atoms with Crippen LogP contribution in [0.4, 0.5) is 0 Å². The van der Waals surface area contributed by atoms with E-state index in [9.17, 15) is 18.0 Å². The Bertz CT molecular complexity index is 1020. The fraction of sp³-hybridized carbons (Fsp3) is 0.304. The normalized spacial score (nSPS) is 16.1. The highest BCUT2D eigenvalue weighted by Gasteiger charge is 2.31. The molecular weight excluding hydrogens is 432 g/mol. The number of benzene rings is 1. The summed E-state index contributed by atoms with van der Waals surface area (Å²) in [7, 11) is -4.13. The number of carbonyl (C=O) groups excluding carboxylic acids is 2. The van der Waals surface area contributed by atoms with Gasteiger partial charge in [0, 0.05) is 6.08 Å². The third-order valence-electron chi connectivity index (χ3n) is 4.78.